The minimum Gasteiger partial charge on any atom is -0.394 e. The summed E-state index contributed by atoms with van der Waals surface area (Å²) in [5.41, 5.74) is 19.9. The van der Waals surface area contributed by atoms with Crippen LogP contribution in [0.5, 0.6) is 0 Å². The van der Waals surface area contributed by atoms with E-state index in [4.69, 9.17) is 65.9 Å². The number of aromatic nitrogens is 16. The van der Waals surface area contributed by atoms with Gasteiger partial charge in [0.05, 0.1) is 25.4 Å². The van der Waals surface area contributed by atoms with Crippen molar-refractivity contribution in [2.24, 2.45) is 0 Å². The molecule has 6 aliphatic heterocycles. The van der Waals surface area contributed by atoms with Crippen molar-refractivity contribution in [3.05, 3.63) is 91.5 Å². The zero-order valence-electron chi connectivity index (χ0n) is 45.5. The molecule has 0 bridgehead atoms. The van der Waals surface area contributed by atoms with E-state index in [0.717, 1.165) is 8.83 Å². The molecule has 0 amide bonds. The molecule has 8 aromatic rings. The largest absolute Gasteiger partial charge is 0.394 e. The van der Waals surface area contributed by atoms with Crippen LogP contribution in [0.15, 0.2) is 68.8 Å². The average Bonchev–Trinajstić information content (AvgIpc) is 2.17. The Labute approximate surface area is 507 Å². The lowest BCUT2D eigenvalue weighted by atomic mass is 10.1. The molecular weight excluding hydrogens is 1370 g/mol. The molecule has 40 heteroatoms. The molecule has 14 heterocycles. The second-order valence-electron chi connectivity index (χ2n) is 21.0. The Morgan fingerprint density at radius 1 is 0.407 bits per heavy atom. The number of halogens is 2. The van der Waals surface area contributed by atoms with Gasteiger partial charge in [-0.1, -0.05) is 45.2 Å². The van der Waals surface area contributed by atoms with E-state index in [1.165, 1.54) is 53.3 Å². The maximum atomic E-state index is 11.9. The number of alkyl halides is 2. The van der Waals surface area contributed by atoms with Crippen molar-refractivity contribution in [3.8, 4) is 0 Å². The minimum atomic E-state index is -1.27. The van der Waals surface area contributed by atoms with E-state index in [2.05, 4.69) is 85.1 Å². The highest BCUT2D eigenvalue weighted by molar-refractivity contribution is 14.1. The van der Waals surface area contributed by atoms with Gasteiger partial charge in [0.25, 0.3) is 0 Å². The lowest BCUT2D eigenvalue weighted by Crippen LogP contribution is -2.33. The van der Waals surface area contributed by atoms with E-state index in [1.54, 1.807) is 41.6 Å². The molecule has 8 aromatic heterocycles. The number of anilines is 4. The van der Waals surface area contributed by atoms with Crippen molar-refractivity contribution in [2.75, 3.05) is 45.0 Å². The Bertz CT molecular complexity index is 3800. The fourth-order valence-corrected chi connectivity index (χ4v) is 12.2. The smallest absolute Gasteiger partial charge is 0.357 e. The summed E-state index contributed by atoms with van der Waals surface area (Å²) in [5, 5.41) is 58.2. The first-order chi connectivity index (χ1) is 40.8. The highest BCUT2D eigenvalue weighted by Crippen LogP contribution is 2.45. The average molecular weight is 1430 g/mol. The summed E-state index contributed by atoms with van der Waals surface area (Å²) in [5.74, 6) is -1.02. The van der Waals surface area contributed by atoms with Gasteiger partial charge in [-0.15, -0.1) is 0 Å². The Kier molecular flexibility index (Phi) is 16.7. The number of imidazole rings is 4. The van der Waals surface area contributed by atoms with Gasteiger partial charge in [0.1, 0.15) is 61.0 Å². The first kappa shape index (κ1) is 61.2. The number of fused-ring (bicyclic) bond motifs is 6. The van der Waals surface area contributed by atoms with E-state index in [0.29, 0.717) is 10.2 Å². The molecule has 14 rings (SSSR count). The van der Waals surface area contributed by atoms with Crippen LogP contribution in [0.25, 0.3) is 23.1 Å². The van der Waals surface area contributed by atoms with Crippen LogP contribution >= 0.6 is 45.2 Å². The number of nitrogens with zero attached hydrogens (tertiary/aromatic N) is 16. The summed E-state index contributed by atoms with van der Waals surface area (Å²) in [6.45, 7) is 6.72. The molecule has 38 nitrogen and oxygen atoms in total. The molecule has 6 saturated heterocycles. The van der Waals surface area contributed by atoms with Crippen LogP contribution in [-0.2, 0) is 37.9 Å². The Balaban J connectivity index is 0.000000119. The molecule has 0 aromatic carbocycles. The van der Waals surface area contributed by atoms with E-state index in [1.807, 2.05) is 13.8 Å². The van der Waals surface area contributed by atoms with E-state index in [-0.39, 0.29) is 66.0 Å². The van der Waals surface area contributed by atoms with Crippen LogP contribution in [0.3, 0.4) is 0 Å². The predicted octanol–water partition coefficient (Wildman–Crippen LogP) is -5.18. The van der Waals surface area contributed by atoms with Gasteiger partial charge in [0.15, 0.2) is 36.5 Å². The normalized spacial score (nSPS) is 31.4. The third-order valence-corrected chi connectivity index (χ3v) is 16.2. The van der Waals surface area contributed by atoms with Crippen molar-refractivity contribution in [3.63, 3.8) is 0 Å². The topological polar surface area (TPSA) is 508 Å². The summed E-state index contributed by atoms with van der Waals surface area (Å²) in [6, 6.07) is 0. The molecule has 16 atom stereocenters. The van der Waals surface area contributed by atoms with Crippen molar-refractivity contribution >= 4 is 92.1 Å². The fourth-order valence-electron chi connectivity index (χ4n) is 10.8. The monoisotopic (exact) mass is 1430 g/mol. The summed E-state index contributed by atoms with van der Waals surface area (Å²) in [6.07, 6.45) is 1.51. The molecule has 16 unspecified atom stereocenters. The van der Waals surface area contributed by atoms with Gasteiger partial charge in [0, 0.05) is 58.4 Å². The van der Waals surface area contributed by atoms with Gasteiger partial charge in [-0.05, 0) is 27.7 Å². The number of hydrogen-bond acceptors (Lipinski definition) is 30. The first-order valence-corrected chi connectivity index (χ1v) is 29.2. The van der Waals surface area contributed by atoms with Gasteiger partial charge in [-0.3, -0.25) is 18.3 Å². The zero-order valence-corrected chi connectivity index (χ0v) is 49.8. The Morgan fingerprint density at radius 2 is 0.686 bits per heavy atom. The van der Waals surface area contributed by atoms with Crippen molar-refractivity contribution < 1.29 is 68.5 Å². The first-order valence-electron chi connectivity index (χ1n) is 26.1. The van der Waals surface area contributed by atoms with Crippen LogP contribution in [0.2, 0.25) is 0 Å². The van der Waals surface area contributed by atoms with Gasteiger partial charge in [-0.2, -0.15) is 39.9 Å². The van der Waals surface area contributed by atoms with Crippen molar-refractivity contribution in [2.45, 2.75) is 137 Å². The molecule has 0 saturated carbocycles. The molecule has 0 aliphatic carbocycles. The second-order valence-corrected chi connectivity index (χ2v) is 22.7. The zero-order chi connectivity index (χ0) is 61.6. The highest BCUT2D eigenvalue weighted by Gasteiger charge is 2.57. The molecule has 0 radical (unpaired) electrons. The molecule has 14 N–H and O–H groups in total. The quantitative estimate of drug-likeness (QED) is 0.0502. The lowest BCUT2D eigenvalue weighted by molar-refractivity contribution is -0.199. The molecule has 6 fully saturated rings. The number of rotatable bonds is 8. The maximum Gasteiger partial charge on any atom is 0.357 e. The van der Waals surface area contributed by atoms with Crippen LogP contribution in [0.1, 0.15) is 52.6 Å². The Hall–Kier alpha value is -6.50. The van der Waals surface area contributed by atoms with Gasteiger partial charge in [-0.25, -0.2) is 36.8 Å². The molecule has 6 aliphatic rings. The number of nitrogens with two attached hydrogens (primary N) is 4. The predicted molar refractivity (Wildman–Crippen MR) is 306 cm³/mol. The second kappa shape index (κ2) is 23.5. The van der Waals surface area contributed by atoms with E-state index in [9.17, 15) is 44.7 Å². The maximum absolute atomic E-state index is 11.9. The van der Waals surface area contributed by atoms with Crippen LogP contribution in [-0.4, -0.2) is 213 Å². The SMILES string of the molecule is CC1(C)OC2C(CI)OC(n3ccn4c(=O)nc(N)nc34)C2O1.CC1(C)OC2C(CO)OC(n3ccn4c(=O)nc(N)nc34)C2O1.Nc1nc(=O)n2ccn(C3OC(CI)C(O)C3O)c2n1.Nc1nc(=O)n2ccn(C3OC(CO)C(O)C3O)c2n1. The number of aliphatic hydroxyl groups is 6. The van der Waals surface area contributed by atoms with Gasteiger partial charge >= 0.3 is 22.8 Å². The van der Waals surface area contributed by atoms with Crippen LogP contribution < -0.4 is 45.7 Å². The van der Waals surface area contributed by atoms with E-state index >= 15 is 0 Å². The lowest BCUT2D eigenvalue weighted by Gasteiger charge is -2.24. The van der Waals surface area contributed by atoms with Crippen molar-refractivity contribution in [1.29, 1.82) is 0 Å². The molecule has 86 heavy (non-hydrogen) atoms. The number of aliphatic hydroxyl groups excluding tert-OH is 6. The third-order valence-electron chi connectivity index (χ3n) is 14.5. The van der Waals surface area contributed by atoms with Crippen molar-refractivity contribution in [1.82, 2.24) is 75.7 Å². The van der Waals surface area contributed by atoms with E-state index < -0.39 is 121 Å². The fraction of sp³-hybridized carbons (Fsp3) is 0.565. The number of nitrogen functional groups attached to an aromatic ring is 4. The molecule has 0 spiro atoms. The van der Waals surface area contributed by atoms with Crippen LogP contribution in [0, 0.1) is 0 Å². The Morgan fingerprint density at radius 3 is 1.00 bits per heavy atom. The standard InChI is InChI=1S/C13H16IN5O4.C13H17N5O5.C10H12IN5O4.C10H13N5O5/c1-13(2)22-7-6(5-14)21-9(8(7)23-13)18-3-4-19-11(18)16-10(15)17-12(19)20;1-13(2)22-7-6(5-19)21-9(8(7)23-13)17-3-4-18-11(17)15-10(14)16-12(18)20;11-3-4-5(17)6(18)7(20-4)15-1-2-16-9(15)13-8(12)14-10(16)19;11-8-12-9-14(1-2-15(9)10(19)13-8)7-6(18)5(17)4(3-16)20-7/h3-4,6-9H,5H2,1-2H3,(H2,15,17,20);3-4,6-9,19H,5H2,1-2H3,(H2,14,16,20);1-2,4-7,17-18H,3H2,(H2,12,14,19);1-2,4-7,16-18H,3H2,(H2,11,13,19). The summed E-state index contributed by atoms with van der Waals surface area (Å²) in [4.78, 5) is 77.4. The highest BCUT2D eigenvalue weighted by atomic mass is 127. The summed E-state index contributed by atoms with van der Waals surface area (Å²) >= 11 is 4.33. The summed E-state index contributed by atoms with van der Waals surface area (Å²) < 4.78 is 59.0. The number of ether oxygens (including phenoxy) is 8. The minimum absolute atomic E-state index is 0.0705. The van der Waals surface area contributed by atoms with Crippen LogP contribution in [0.4, 0.5) is 23.8 Å². The number of hydrogen-bond donors (Lipinski definition) is 10. The third kappa shape index (κ3) is 11.2. The molecular formula is C46H58I2N20O18. The van der Waals surface area contributed by atoms with Gasteiger partial charge < -0.3 is 91.5 Å². The molecule has 464 valence electrons. The van der Waals surface area contributed by atoms with Gasteiger partial charge in [0.2, 0.25) is 46.9 Å². The summed E-state index contributed by atoms with van der Waals surface area (Å²) in [7, 11) is 0.